The summed E-state index contributed by atoms with van der Waals surface area (Å²) in [6.07, 6.45) is 1.03. The van der Waals surface area contributed by atoms with Crippen molar-refractivity contribution < 1.29 is 9.47 Å². The minimum absolute atomic E-state index is 0.103. The number of fused-ring (bicyclic) bond motifs is 1. The van der Waals surface area contributed by atoms with E-state index in [2.05, 4.69) is 60.1 Å². The third-order valence-corrected chi connectivity index (χ3v) is 4.35. The molecule has 1 aliphatic rings. The Morgan fingerprint density at radius 1 is 1.14 bits per heavy atom. The van der Waals surface area contributed by atoms with Crippen molar-refractivity contribution in [1.82, 2.24) is 0 Å². The monoisotopic (exact) mass is 346 g/mol. The first-order chi connectivity index (χ1) is 10.2. The van der Waals surface area contributed by atoms with Crippen LogP contribution in [-0.4, -0.2) is 12.7 Å². The Kier molecular flexibility index (Phi) is 4.20. The smallest absolute Gasteiger partial charge is 0.137 e. The van der Waals surface area contributed by atoms with Crippen molar-refractivity contribution in [2.45, 2.75) is 31.7 Å². The number of rotatable bonds is 4. The van der Waals surface area contributed by atoms with Crippen LogP contribution < -0.4 is 9.47 Å². The molecule has 0 amide bonds. The number of aryl methyl sites for hydroxylation is 2. The van der Waals surface area contributed by atoms with Gasteiger partial charge in [-0.25, -0.2) is 0 Å². The number of ether oxygens (including phenoxy) is 2. The Morgan fingerprint density at radius 3 is 2.71 bits per heavy atom. The van der Waals surface area contributed by atoms with Gasteiger partial charge >= 0.3 is 0 Å². The van der Waals surface area contributed by atoms with Crippen LogP contribution >= 0.6 is 15.9 Å². The lowest BCUT2D eigenvalue weighted by atomic mass is 10.1. The lowest BCUT2D eigenvalue weighted by Crippen LogP contribution is -2.22. The molecule has 3 heteroatoms. The van der Waals surface area contributed by atoms with E-state index >= 15 is 0 Å². The van der Waals surface area contributed by atoms with Gasteiger partial charge < -0.3 is 9.47 Å². The molecule has 0 saturated heterocycles. The predicted molar refractivity (Wildman–Crippen MR) is 88.6 cm³/mol. The van der Waals surface area contributed by atoms with Crippen molar-refractivity contribution >= 4 is 15.9 Å². The summed E-state index contributed by atoms with van der Waals surface area (Å²) >= 11 is 3.52. The molecule has 1 aliphatic heterocycles. The molecule has 2 aromatic rings. The Balaban J connectivity index is 1.65. The fourth-order valence-corrected chi connectivity index (χ4v) is 3.12. The van der Waals surface area contributed by atoms with Gasteiger partial charge in [0.25, 0.3) is 0 Å². The van der Waals surface area contributed by atoms with E-state index < -0.39 is 0 Å². The average Bonchev–Trinajstić information content (AvgIpc) is 2.87. The first-order valence-electron chi connectivity index (χ1n) is 7.20. The molecule has 0 saturated carbocycles. The van der Waals surface area contributed by atoms with E-state index in [4.69, 9.17) is 9.47 Å². The largest absolute Gasteiger partial charge is 0.489 e. The van der Waals surface area contributed by atoms with Gasteiger partial charge in [0.15, 0.2) is 0 Å². The second kappa shape index (κ2) is 6.10. The van der Waals surface area contributed by atoms with E-state index in [-0.39, 0.29) is 6.10 Å². The molecular weight excluding hydrogens is 328 g/mol. The molecule has 2 aromatic carbocycles. The molecule has 0 aromatic heterocycles. The predicted octanol–water partition coefficient (Wildman–Crippen LogP) is 4.58. The summed E-state index contributed by atoms with van der Waals surface area (Å²) in [5, 5.41) is 0.801. The Bertz CT molecular complexity index is 652. The zero-order valence-electron chi connectivity index (χ0n) is 12.4. The van der Waals surface area contributed by atoms with Crippen LogP contribution in [0.25, 0.3) is 0 Å². The van der Waals surface area contributed by atoms with Gasteiger partial charge in [0.1, 0.15) is 24.2 Å². The highest BCUT2D eigenvalue weighted by atomic mass is 79.9. The van der Waals surface area contributed by atoms with Crippen molar-refractivity contribution in [1.29, 1.82) is 0 Å². The van der Waals surface area contributed by atoms with E-state index in [9.17, 15) is 0 Å². The van der Waals surface area contributed by atoms with Crippen LogP contribution in [0.1, 0.15) is 22.3 Å². The molecule has 1 heterocycles. The van der Waals surface area contributed by atoms with Crippen LogP contribution in [0.3, 0.4) is 0 Å². The van der Waals surface area contributed by atoms with Gasteiger partial charge in [0, 0.05) is 17.3 Å². The summed E-state index contributed by atoms with van der Waals surface area (Å²) < 4.78 is 11.9. The summed E-state index contributed by atoms with van der Waals surface area (Å²) in [4.78, 5) is 0. The van der Waals surface area contributed by atoms with Crippen LogP contribution in [0, 0.1) is 13.8 Å². The molecule has 1 unspecified atom stereocenters. The van der Waals surface area contributed by atoms with Gasteiger partial charge in [-0.05, 0) is 31.5 Å². The van der Waals surface area contributed by atoms with Crippen molar-refractivity contribution in [2.75, 3.05) is 6.61 Å². The van der Waals surface area contributed by atoms with Crippen LogP contribution in [0.2, 0.25) is 0 Å². The lowest BCUT2D eigenvalue weighted by Gasteiger charge is -2.15. The second-order valence-electron chi connectivity index (χ2n) is 5.61. The number of alkyl halides is 1. The third kappa shape index (κ3) is 3.24. The van der Waals surface area contributed by atoms with Crippen molar-refractivity contribution in [3.05, 3.63) is 58.7 Å². The van der Waals surface area contributed by atoms with Gasteiger partial charge in [0.05, 0.1) is 0 Å². The second-order valence-corrected chi connectivity index (χ2v) is 6.17. The summed E-state index contributed by atoms with van der Waals surface area (Å²) in [6.45, 7) is 4.78. The van der Waals surface area contributed by atoms with Gasteiger partial charge in [-0.1, -0.05) is 51.3 Å². The standard InChI is InChI=1S/C18H19BrO2/c1-12-4-6-18-14(7-12)9-16(21-18)11-20-17-5-3-13(2)8-15(17)10-19/h3-8,16H,9-11H2,1-2H3. The highest BCUT2D eigenvalue weighted by Crippen LogP contribution is 2.30. The van der Waals surface area contributed by atoms with E-state index in [1.165, 1.54) is 22.3 Å². The zero-order valence-corrected chi connectivity index (χ0v) is 13.9. The quantitative estimate of drug-likeness (QED) is 0.754. The van der Waals surface area contributed by atoms with E-state index in [1.807, 2.05) is 6.07 Å². The zero-order chi connectivity index (χ0) is 14.8. The maximum atomic E-state index is 5.97. The topological polar surface area (TPSA) is 18.5 Å². The van der Waals surface area contributed by atoms with Gasteiger partial charge in [-0.3, -0.25) is 0 Å². The number of hydrogen-bond acceptors (Lipinski definition) is 2. The van der Waals surface area contributed by atoms with Crippen LogP contribution in [0.4, 0.5) is 0 Å². The van der Waals surface area contributed by atoms with Crippen LogP contribution in [0.15, 0.2) is 36.4 Å². The van der Waals surface area contributed by atoms with Gasteiger partial charge in [0.2, 0.25) is 0 Å². The number of benzene rings is 2. The highest BCUT2D eigenvalue weighted by Gasteiger charge is 2.23. The van der Waals surface area contributed by atoms with Gasteiger partial charge in [-0.15, -0.1) is 0 Å². The number of hydrogen-bond donors (Lipinski definition) is 0. The maximum Gasteiger partial charge on any atom is 0.137 e. The molecule has 21 heavy (non-hydrogen) atoms. The summed E-state index contributed by atoms with van der Waals surface area (Å²) in [5.74, 6) is 1.94. The molecule has 0 bridgehead atoms. The molecule has 2 nitrogen and oxygen atoms in total. The van der Waals surface area contributed by atoms with Crippen molar-refractivity contribution in [3.8, 4) is 11.5 Å². The fraction of sp³-hybridized carbons (Fsp3) is 0.333. The first kappa shape index (κ1) is 14.5. The minimum atomic E-state index is 0.103. The Morgan fingerprint density at radius 2 is 1.90 bits per heavy atom. The van der Waals surface area contributed by atoms with E-state index in [0.717, 1.165) is 23.2 Å². The normalized spacial score (nSPS) is 16.4. The van der Waals surface area contributed by atoms with Crippen molar-refractivity contribution in [3.63, 3.8) is 0 Å². The Labute approximate surface area is 134 Å². The summed E-state index contributed by atoms with van der Waals surface area (Å²) in [6, 6.07) is 12.6. The Hall–Kier alpha value is -1.48. The summed E-state index contributed by atoms with van der Waals surface area (Å²) in [7, 11) is 0. The van der Waals surface area contributed by atoms with Gasteiger partial charge in [-0.2, -0.15) is 0 Å². The molecular formula is C18H19BrO2. The first-order valence-corrected chi connectivity index (χ1v) is 8.32. The number of halogens is 1. The molecule has 1 atom stereocenters. The average molecular weight is 347 g/mol. The molecule has 0 aliphatic carbocycles. The molecule has 110 valence electrons. The molecule has 0 spiro atoms. The highest BCUT2D eigenvalue weighted by molar-refractivity contribution is 9.08. The van der Waals surface area contributed by atoms with E-state index in [0.29, 0.717) is 6.61 Å². The van der Waals surface area contributed by atoms with Crippen LogP contribution in [-0.2, 0) is 11.8 Å². The molecule has 0 N–H and O–H groups in total. The van der Waals surface area contributed by atoms with E-state index in [1.54, 1.807) is 0 Å². The summed E-state index contributed by atoms with van der Waals surface area (Å²) in [5.41, 5.74) is 4.99. The third-order valence-electron chi connectivity index (χ3n) is 3.74. The molecule has 0 radical (unpaired) electrons. The van der Waals surface area contributed by atoms with Crippen LogP contribution in [0.5, 0.6) is 11.5 Å². The fourth-order valence-electron chi connectivity index (χ4n) is 2.68. The van der Waals surface area contributed by atoms with Crippen molar-refractivity contribution in [2.24, 2.45) is 0 Å². The SMILES string of the molecule is Cc1ccc(OCC2Cc3cc(C)ccc3O2)c(CBr)c1. The molecule has 3 rings (SSSR count). The molecule has 0 fully saturated rings. The maximum absolute atomic E-state index is 5.97. The minimum Gasteiger partial charge on any atom is -0.489 e. The lowest BCUT2D eigenvalue weighted by molar-refractivity contribution is 0.148.